The topological polar surface area (TPSA) is 30.5 Å². The lowest BCUT2D eigenvalue weighted by molar-refractivity contribution is 0.203. The predicted molar refractivity (Wildman–Crippen MR) is 183 cm³/mol. The first-order chi connectivity index (χ1) is 20.9. The number of benzene rings is 4. The Hall–Kier alpha value is -2.85. The molecule has 4 aromatic carbocycles. The number of hydrogen-bond acceptors (Lipinski definition) is 4. The third kappa shape index (κ3) is 4.54. The Bertz CT molecular complexity index is 1290. The van der Waals surface area contributed by atoms with Crippen molar-refractivity contribution in [3.05, 3.63) is 144 Å². The minimum Gasteiger partial charge on any atom is -0.130 e. The van der Waals surface area contributed by atoms with Crippen LogP contribution in [0.2, 0.25) is 0 Å². The fourth-order valence-electron chi connectivity index (χ4n) is 8.23. The SMILES string of the molecule is CC[C@@H](C)[C@@H]1N(C)[P+]2(NC1(c1ccccc1)c1ccccc1)NC(c1ccccc1)(c1ccccc1)[C@H]([C@H](C)CC)N2C. The van der Waals surface area contributed by atoms with E-state index in [0.717, 1.165) is 12.8 Å². The van der Waals surface area contributed by atoms with E-state index in [9.17, 15) is 0 Å². The van der Waals surface area contributed by atoms with Gasteiger partial charge in [-0.05, 0) is 34.1 Å². The standard InChI is InChI=1S/C38H48N4P/c1-7-29(3)35-37(31-21-13-9-14-22-31,32-23-15-10-16-24-32)39-43(41(35)5)40-38(33-25-17-11-18-26-33,34-27-19-12-20-28-34)36(42(43)6)30(4)8-2/h9-30,35-36,39-40H,7-8H2,1-6H3/q+1/t29-,30-,35+,36+,43?/m1/s1. The maximum absolute atomic E-state index is 4.53. The molecule has 6 rings (SSSR count). The van der Waals surface area contributed by atoms with Gasteiger partial charge >= 0.3 is 7.87 Å². The smallest absolute Gasteiger partial charge is 0.130 e. The molecule has 0 unspecified atom stereocenters. The molecule has 0 saturated carbocycles. The van der Waals surface area contributed by atoms with Crippen LogP contribution in [0.5, 0.6) is 0 Å². The number of nitrogens with one attached hydrogen (secondary N) is 2. The van der Waals surface area contributed by atoms with E-state index in [1.165, 1.54) is 22.3 Å². The number of likely N-dealkylation sites (N-methyl/N-ethyl adjacent to an activating group) is 2. The van der Waals surface area contributed by atoms with E-state index in [4.69, 9.17) is 0 Å². The molecule has 4 atom stereocenters. The van der Waals surface area contributed by atoms with Gasteiger partial charge < -0.3 is 0 Å². The first kappa shape index (κ1) is 30.2. The van der Waals surface area contributed by atoms with Crippen molar-refractivity contribution < 1.29 is 0 Å². The summed E-state index contributed by atoms with van der Waals surface area (Å²) in [5, 5.41) is 9.06. The van der Waals surface area contributed by atoms with Gasteiger partial charge in [-0.1, -0.05) is 162 Å². The van der Waals surface area contributed by atoms with Crippen LogP contribution in [0.15, 0.2) is 121 Å². The molecule has 4 nitrogen and oxygen atoms in total. The lowest BCUT2D eigenvalue weighted by Gasteiger charge is -2.37. The van der Waals surface area contributed by atoms with Gasteiger partial charge in [-0.15, -0.1) is 19.5 Å². The molecule has 2 fully saturated rings. The lowest BCUT2D eigenvalue weighted by Crippen LogP contribution is -2.50. The minimum atomic E-state index is -2.36. The van der Waals surface area contributed by atoms with Crippen LogP contribution in [-0.4, -0.2) is 35.5 Å². The van der Waals surface area contributed by atoms with Gasteiger partial charge in [0.25, 0.3) is 0 Å². The summed E-state index contributed by atoms with van der Waals surface area (Å²) in [5.41, 5.74) is 4.49. The second-order valence-electron chi connectivity index (χ2n) is 12.7. The summed E-state index contributed by atoms with van der Waals surface area (Å²) in [7, 11) is 2.40. The number of nitrogens with zero attached hydrogens (tertiary/aromatic N) is 2. The molecule has 2 N–H and O–H groups in total. The molecular formula is C38H48N4P+. The average molecular weight is 592 g/mol. The molecule has 0 amide bonds. The van der Waals surface area contributed by atoms with Crippen molar-refractivity contribution in [3.8, 4) is 0 Å². The fourth-order valence-corrected chi connectivity index (χ4v) is 12.6. The summed E-state index contributed by atoms with van der Waals surface area (Å²) in [5.74, 6) is 0.885. The van der Waals surface area contributed by atoms with E-state index in [2.05, 4.69) is 183 Å². The maximum atomic E-state index is 4.53. The van der Waals surface area contributed by atoms with Crippen LogP contribution in [-0.2, 0) is 11.1 Å². The van der Waals surface area contributed by atoms with Gasteiger partial charge in [-0.25, -0.2) is 0 Å². The number of hydrogen-bond donors (Lipinski definition) is 2. The molecule has 43 heavy (non-hydrogen) atoms. The van der Waals surface area contributed by atoms with Gasteiger partial charge in [0.2, 0.25) is 0 Å². The molecule has 0 bridgehead atoms. The quantitative estimate of drug-likeness (QED) is 0.201. The third-order valence-corrected chi connectivity index (χ3v) is 14.2. The summed E-state index contributed by atoms with van der Waals surface area (Å²) >= 11 is 0. The van der Waals surface area contributed by atoms with E-state index in [-0.39, 0.29) is 12.1 Å². The van der Waals surface area contributed by atoms with Crippen LogP contribution in [0.1, 0.15) is 62.8 Å². The molecule has 2 heterocycles. The van der Waals surface area contributed by atoms with Gasteiger partial charge in [0, 0.05) is 14.1 Å². The Morgan fingerprint density at radius 2 is 0.791 bits per heavy atom. The highest BCUT2D eigenvalue weighted by molar-refractivity contribution is 7.68. The Balaban J connectivity index is 1.66. The van der Waals surface area contributed by atoms with Crippen molar-refractivity contribution in [1.82, 2.24) is 19.5 Å². The molecule has 0 radical (unpaired) electrons. The van der Waals surface area contributed by atoms with Crippen LogP contribution in [0.3, 0.4) is 0 Å². The highest BCUT2D eigenvalue weighted by Gasteiger charge is 2.77. The van der Waals surface area contributed by atoms with Gasteiger partial charge in [-0.2, -0.15) is 0 Å². The van der Waals surface area contributed by atoms with E-state index < -0.39 is 18.9 Å². The van der Waals surface area contributed by atoms with Crippen LogP contribution >= 0.6 is 7.87 Å². The minimum absolute atomic E-state index is 0.227. The highest BCUT2D eigenvalue weighted by atomic mass is 31.2. The van der Waals surface area contributed by atoms with E-state index in [0.29, 0.717) is 11.8 Å². The molecule has 2 aliphatic rings. The van der Waals surface area contributed by atoms with Crippen LogP contribution < -0.4 is 10.2 Å². The summed E-state index contributed by atoms with van der Waals surface area (Å²) in [4.78, 5) is 0. The molecule has 2 saturated heterocycles. The molecular weight excluding hydrogens is 543 g/mol. The van der Waals surface area contributed by atoms with Gasteiger partial charge in [0.15, 0.2) is 0 Å². The zero-order chi connectivity index (χ0) is 30.2. The van der Waals surface area contributed by atoms with Crippen molar-refractivity contribution in [2.45, 2.75) is 63.7 Å². The largest absolute Gasteiger partial charge is 0.306 e. The Morgan fingerprint density at radius 3 is 1.02 bits per heavy atom. The zero-order valence-electron chi connectivity index (χ0n) is 26.6. The van der Waals surface area contributed by atoms with Crippen molar-refractivity contribution in [3.63, 3.8) is 0 Å². The predicted octanol–water partition coefficient (Wildman–Crippen LogP) is 8.45. The Morgan fingerprint density at radius 1 is 0.535 bits per heavy atom. The molecule has 0 aromatic heterocycles. The first-order valence-electron chi connectivity index (χ1n) is 16.0. The van der Waals surface area contributed by atoms with Gasteiger partial charge in [0.05, 0.1) is 12.1 Å². The van der Waals surface area contributed by atoms with Crippen molar-refractivity contribution >= 4 is 7.87 Å². The van der Waals surface area contributed by atoms with E-state index in [1.807, 2.05) is 0 Å². The fraction of sp³-hybridized carbons (Fsp3) is 0.368. The van der Waals surface area contributed by atoms with Crippen molar-refractivity contribution in [2.24, 2.45) is 11.8 Å². The van der Waals surface area contributed by atoms with Crippen LogP contribution in [0.4, 0.5) is 0 Å². The maximum Gasteiger partial charge on any atom is 0.306 e. The zero-order valence-corrected chi connectivity index (χ0v) is 27.5. The van der Waals surface area contributed by atoms with Crippen molar-refractivity contribution in [1.29, 1.82) is 0 Å². The molecule has 5 heteroatoms. The normalized spacial score (nSPS) is 24.2. The Kier molecular flexibility index (Phi) is 8.37. The Labute approximate surface area is 260 Å². The first-order valence-corrected chi connectivity index (χ1v) is 17.7. The van der Waals surface area contributed by atoms with E-state index >= 15 is 0 Å². The van der Waals surface area contributed by atoms with Crippen LogP contribution in [0, 0.1) is 11.8 Å². The number of rotatable bonds is 8. The summed E-state index contributed by atoms with van der Waals surface area (Å²) in [6.07, 6.45) is 2.19. The van der Waals surface area contributed by atoms with Crippen molar-refractivity contribution in [2.75, 3.05) is 14.1 Å². The summed E-state index contributed by atoms with van der Waals surface area (Å²) in [6, 6.07) is 45.2. The molecule has 224 valence electrons. The average Bonchev–Trinajstić information content (AvgIpc) is 3.50. The molecule has 2 aliphatic heterocycles. The lowest BCUT2D eigenvalue weighted by atomic mass is 9.73. The van der Waals surface area contributed by atoms with Gasteiger partial charge in [-0.3, -0.25) is 0 Å². The van der Waals surface area contributed by atoms with E-state index in [1.54, 1.807) is 0 Å². The van der Waals surface area contributed by atoms with Crippen LogP contribution in [0.25, 0.3) is 0 Å². The van der Waals surface area contributed by atoms with Gasteiger partial charge in [0.1, 0.15) is 11.1 Å². The second-order valence-corrected chi connectivity index (χ2v) is 15.6. The molecule has 4 aromatic rings. The summed E-state index contributed by atoms with van der Waals surface area (Å²) < 4.78 is 5.48. The molecule has 0 aliphatic carbocycles. The molecule has 1 spiro atoms. The highest BCUT2D eigenvalue weighted by Crippen LogP contribution is 2.75. The monoisotopic (exact) mass is 591 g/mol. The summed E-state index contributed by atoms with van der Waals surface area (Å²) in [6.45, 7) is 9.56. The third-order valence-electron chi connectivity index (χ3n) is 10.6. The second kappa shape index (κ2) is 11.9.